The summed E-state index contributed by atoms with van der Waals surface area (Å²) in [5, 5.41) is 3.18. The quantitative estimate of drug-likeness (QED) is 0.513. The van der Waals surface area contributed by atoms with E-state index in [1.807, 2.05) is 19.2 Å². The van der Waals surface area contributed by atoms with Crippen molar-refractivity contribution in [2.75, 3.05) is 0 Å². The van der Waals surface area contributed by atoms with E-state index in [9.17, 15) is 4.79 Å². The lowest BCUT2D eigenvalue weighted by Crippen LogP contribution is -2.29. The highest BCUT2D eigenvalue weighted by Crippen LogP contribution is 2.19. The molecule has 0 aliphatic carbocycles. The van der Waals surface area contributed by atoms with Crippen molar-refractivity contribution in [2.45, 2.75) is 25.6 Å². The molecule has 0 radical (unpaired) electrons. The van der Waals surface area contributed by atoms with Crippen molar-refractivity contribution in [2.24, 2.45) is 0 Å². The maximum absolute atomic E-state index is 11.2. The molecule has 0 spiro atoms. The van der Waals surface area contributed by atoms with Crippen LogP contribution in [0.5, 0.6) is 0 Å². The highest BCUT2D eigenvalue weighted by Gasteiger charge is 2.36. The molecule has 2 aliphatic heterocycles. The fourth-order valence-corrected chi connectivity index (χ4v) is 1.48. The fourth-order valence-electron chi connectivity index (χ4n) is 1.48. The SMILES string of the molecule is CC1NC2CC=CN2C1=O. The minimum absolute atomic E-state index is 0.00921. The zero-order valence-corrected chi connectivity index (χ0v) is 5.87. The van der Waals surface area contributed by atoms with Gasteiger partial charge in [-0.05, 0) is 6.92 Å². The molecular weight excluding hydrogens is 128 g/mol. The summed E-state index contributed by atoms with van der Waals surface area (Å²) in [5.41, 5.74) is 0. The second-order valence-electron chi connectivity index (χ2n) is 2.77. The molecule has 3 nitrogen and oxygen atoms in total. The number of nitrogens with one attached hydrogen (secondary N) is 1. The normalized spacial score (nSPS) is 37.3. The Bertz CT molecular complexity index is 200. The van der Waals surface area contributed by atoms with Gasteiger partial charge in [-0.1, -0.05) is 6.08 Å². The van der Waals surface area contributed by atoms with Gasteiger partial charge >= 0.3 is 0 Å². The summed E-state index contributed by atoms with van der Waals surface area (Å²) in [7, 11) is 0. The van der Waals surface area contributed by atoms with Crippen molar-refractivity contribution in [3.05, 3.63) is 12.3 Å². The standard InChI is InChI=1S/C7H10N2O/c1-5-7(10)9-4-2-3-6(9)8-5/h2,4-6,8H,3H2,1H3. The van der Waals surface area contributed by atoms with Gasteiger partial charge < -0.3 is 4.90 Å². The third kappa shape index (κ3) is 0.609. The van der Waals surface area contributed by atoms with Crippen LogP contribution >= 0.6 is 0 Å². The number of carbonyl (C=O) groups excluding carboxylic acids is 1. The first kappa shape index (κ1) is 5.92. The maximum Gasteiger partial charge on any atom is 0.244 e. The molecule has 2 rings (SSSR count). The molecule has 1 fully saturated rings. The minimum Gasteiger partial charge on any atom is -0.302 e. The Morgan fingerprint density at radius 3 is 3.30 bits per heavy atom. The van der Waals surface area contributed by atoms with Crippen LogP contribution in [0.25, 0.3) is 0 Å². The molecule has 0 aromatic carbocycles. The van der Waals surface area contributed by atoms with E-state index in [-0.39, 0.29) is 18.1 Å². The van der Waals surface area contributed by atoms with Gasteiger partial charge in [0.1, 0.15) is 0 Å². The Hall–Kier alpha value is -0.830. The molecule has 1 N–H and O–H groups in total. The van der Waals surface area contributed by atoms with Crippen LogP contribution in [0.15, 0.2) is 12.3 Å². The highest BCUT2D eigenvalue weighted by atomic mass is 16.2. The van der Waals surface area contributed by atoms with Gasteiger partial charge in [-0.2, -0.15) is 0 Å². The van der Waals surface area contributed by atoms with Crippen molar-refractivity contribution in [1.82, 2.24) is 10.2 Å². The van der Waals surface area contributed by atoms with Crippen LogP contribution in [-0.4, -0.2) is 23.0 Å². The Morgan fingerprint density at radius 2 is 2.60 bits per heavy atom. The van der Waals surface area contributed by atoms with Gasteiger partial charge in [0.05, 0.1) is 12.2 Å². The summed E-state index contributed by atoms with van der Waals surface area (Å²) >= 11 is 0. The summed E-state index contributed by atoms with van der Waals surface area (Å²) in [5.74, 6) is 0.193. The number of hydrogen-bond donors (Lipinski definition) is 1. The summed E-state index contributed by atoms with van der Waals surface area (Å²) in [6, 6.07) is 0.00921. The molecule has 1 saturated heterocycles. The summed E-state index contributed by atoms with van der Waals surface area (Å²) in [6.07, 6.45) is 5.09. The van der Waals surface area contributed by atoms with Crippen LogP contribution in [0.2, 0.25) is 0 Å². The first-order chi connectivity index (χ1) is 4.79. The Balaban J connectivity index is 2.23. The molecule has 0 aromatic rings. The van der Waals surface area contributed by atoms with Gasteiger partial charge in [-0.25, -0.2) is 0 Å². The second kappa shape index (κ2) is 1.83. The molecule has 2 heterocycles. The highest BCUT2D eigenvalue weighted by molar-refractivity contribution is 5.85. The topological polar surface area (TPSA) is 32.3 Å². The number of rotatable bonds is 0. The Kier molecular flexibility index (Phi) is 1.08. The van der Waals surface area contributed by atoms with E-state index in [4.69, 9.17) is 0 Å². The van der Waals surface area contributed by atoms with Crippen molar-refractivity contribution in [3.63, 3.8) is 0 Å². The Morgan fingerprint density at radius 1 is 1.80 bits per heavy atom. The predicted octanol–water partition coefficient (Wildman–Crippen LogP) is 0.0502. The lowest BCUT2D eigenvalue weighted by Gasteiger charge is -2.11. The molecular formula is C7H10N2O. The first-order valence-electron chi connectivity index (χ1n) is 3.54. The molecule has 2 atom stereocenters. The molecule has 54 valence electrons. The van der Waals surface area contributed by atoms with E-state index >= 15 is 0 Å². The van der Waals surface area contributed by atoms with E-state index in [0.29, 0.717) is 0 Å². The zero-order chi connectivity index (χ0) is 7.14. The van der Waals surface area contributed by atoms with Crippen LogP contribution in [0.3, 0.4) is 0 Å². The number of amides is 1. The first-order valence-corrected chi connectivity index (χ1v) is 3.54. The van der Waals surface area contributed by atoms with Gasteiger partial charge in [-0.15, -0.1) is 0 Å². The third-order valence-corrected chi connectivity index (χ3v) is 2.03. The van der Waals surface area contributed by atoms with E-state index in [0.717, 1.165) is 6.42 Å². The molecule has 0 saturated carbocycles. The van der Waals surface area contributed by atoms with Gasteiger partial charge in [0.25, 0.3) is 0 Å². The lowest BCUT2D eigenvalue weighted by molar-refractivity contribution is -0.126. The molecule has 10 heavy (non-hydrogen) atoms. The van der Waals surface area contributed by atoms with Crippen LogP contribution in [0.4, 0.5) is 0 Å². The van der Waals surface area contributed by atoms with E-state index in [1.165, 1.54) is 0 Å². The van der Waals surface area contributed by atoms with Crippen LogP contribution in [-0.2, 0) is 4.79 Å². The number of carbonyl (C=O) groups is 1. The van der Waals surface area contributed by atoms with E-state index < -0.39 is 0 Å². The fraction of sp³-hybridized carbons (Fsp3) is 0.571. The van der Waals surface area contributed by atoms with E-state index in [1.54, 1.807) is 4.90 Å². The van der Waals surface area contributed by atoms with Crippen molar-refractivity contribution >= 4 is 5.91 Å². The average molecular weight is 138 g/mol. The molecule has 0 bridgehead atoms. The van der Waals surface area contributed by atoms with Crippen LogP contribution < -0.4 is 5.32 Å². The molecule has 2 aliphatic rings. The lowest BCUT2D eigenvalue weighted by atomic mass is 10.3. The molecule has 3 heteroatoms. The third-order valence-electron chi connectivity index (χ3n) is 2.03. The van der Waals surface area contributed by atoms with Gasteiger partial charge in [-0.3, -0.25) is 10.1 Å². The summed E-state index contributed by atoms with van der Waals surface area (Å²) in [6.45, 7) is 1.90. The van der Waals surface area contributed by atoms with Gasteiger partial charge in [0.15, 0.2) is 0 Å². The van der Waals surface area contributed by atoms with Crippen molar-refractivity contribution in [1.29, 1.82) is 0 Å². The monoisotopic (exact) mass is 138 g/mol. The van der Waals surface area contributed by atoms with E-state index in [2.05, 4.69) is 5.32 Å². The smallest absolute Gasteiger partial charge is 0.244 e. The van der Waals surface area contributed by atoms with Gasteiger partial charge in [0, 0.05) is 12.6 Å². The number of nitrogens with zero attached hydrogens (tertiary/aromatic N) is 1. The molecule has 1 amide bonds. The zero-order valence-electron chi connectivity index (χ0n) is 5.87. The van der Waals surface area contributed by atoms with Crippen molar-refractivity contribution < 1.29 is 4.79 Å². The number of hydrogen-bond acceptors (Lipinski definition) is 2. The number of fused-ring (bicyclic) bond motifs is 1. The second-order valence-corrected chi connectivity index (χ2v) is 2.77. The predicted molar refractivity (Wildman–Crippen MR) is 37.0 cm³/mol. The summed E-state index contributed by atoms with van der Waals surface area (Å²) < 4.78 is 0. The largest absolute Gasteiger partial charge is 0.302 e. The molecule has 0 aromatic heterocycles. The summed E-state index contributed by atoms with van der Waals surface area (Å²) in [4.78, 5) is 13.0. The maximum atomic E-state index is 11.2. The van der Waals surface area contributed by atoms with Gasteiger partial charge in [0.2, 0.25) is 5.91 Å². The van der Waals surface area contributed by atoms with Crippen LogP contribution in [0, 0.1) is 0 Å². The Labute approximate surface area is 59.7 Å². The molecule has 2 unspecified atom stereocenters. The van der Waals surface area contributed by atoms with Crippen LogP contribution in [0.1, 0.15) is 13.3 Å². The average Bonchev–Trinajstić information content (AvgIpc) is 2.41. The minimum atomic E-state index is 0.00921. The van der Waals surface area contributed by atoms with Crippen molar-refractivity contribution in [3.8, 4) is 0 Å².